The van der Waals surface area contributed by atoms with Crippen molar-refractivity contribution in [1.29, 1.82) is 0 Å². The van der Waals surface area contributed by atoms with E-state index in [-0.39, 0.29) is 5.91 Å². The Balaban J connectivity index is 1.83. The Morgan fingerprint density at radius 1 is 1.12 bits per heavy atom. The van der Waals surface area contributed by atoms with E-state index in [1.165, 1.54) is 20.2 Å². The van der Waals surface area contributed by atoms with Gasteiger partial charge >= 0.3 is 0 Å². The van der Waals surface area contributed by atoms with Gasteiger partial charge in [-0.3, -0.25) is 9.69 Å². The van der Waals surface area contributed by atoms with E-state index in [4.69, 9.17) is 12.2 Å². The van der Waals surface area contributed by atoms with Gasteiger partial charge in [-0.2, -0.15) is 0 Å². The molecule has 0 saturated carbocycles. The first-order chi connectivity index (χ1) is 11.6. The van der Waals surface area contributed by atoms with E-state index in [1.54, 1.807) is 21.1 Å². The van der Waals surface area contributed by atoms with Gasteiger partial charge in [0.2, 0.25) is 0 Å². The van der Waals surface area contributed by atoms with Crippen LogP contribution in [0.5, 0.6) is 0 Å². The van der Waals surface area contributed by atoms with Crippen molar-refractivity contribution in [3.63, 3.8) is 0 Å². The molecule has 3 nitrogen and oxygen atoms in total. The van der Waals surface area contributed by atoms with Crippen LogP contribution in [0.1, 0.15) is 12.5 Å². The van der Waals surface area contributed by atoms with Crippen LogP contribution in [-0.4, -0.2) is 34.4 Å². The second kappa shape index (κ2) is 5.69. The van der Waals surface area contributed by atoms with E-state index < -0.39 is 0 Å². The Morgan fingerprint density at radius 2 is 1.88 bits per heavy atom. The number of carbonyl (C=O) groups excluding carboxylic acids is 1. The second-order valence-electron chi connectivity index (χ2n) is 5.77. The number of thiocarbonyl (C=S) groups is 1. The van der Waals surface area contributed by atoms with Gasteiger partial charge in [-0.05, 0) is 49.0 Å². The van der Waals surface area contributed by atoms with Crippen molar-refractivity contribution < 1.29 is 4.79 Å². The average molecular weight is 352 g/mol. The number of likely N-dealkylation sites (N-methyl/N-ethyl adjacent to an activating group) is 2. The zero-order valence-corrected chi connectivity index (χ0v) is 15.1. The van der Waals surface area contributed by atoms with Gasteiger partial charge in [0.15, 0.2) is 5.11 Å². The number of benzene rings is 2. The maximum Gasteiger partial charge on any atom is 0.276 e. The fourth-order valence-corrected chi connectivity index (χ4v) is 4.48. The number of nitrogens with zero attached hydrogens (tertiary/aromatic N) is 2. The molecule has 0 spiro atoms. The van der Waals surface area contributed by atoms with Crippen molar-refractivity contribution in [3.05, 3.63) is 53.7 Å². The van der Waals surface area contributed by atoms with Crippen molar-refractivity contribution in [2.75, 3.05) is 13.6 Å². The third kappa shape index (κ3) is 2.24. The van der Waals surface area contributed by atoms with Crippen molar-refractivity contribution in [1.82, 2.24) is 9.80 Å². The monoisotopic (exact) mass is 352 g/mol. The molecule has 1 aromatic heterocycles. The first-order valence-electron chi connectivity index (χ1n) is 7.82. The molecule has 5 heteroatoms. The number of amides is 1. The predicted octanol–water partition coefficient (Wildman–Crippen LogP) is 4.47. The summed E-state index contributed by atoms with van der Waals surface area (Å²) in [6.45, 7) is 2.53. The third-order valence-electron chi connectivity index (χ3n) is 4.36. The number of hydrogen-bond acceptors (Lipinski definition) is 3. The van der Waals surface area contributed by atoms with Gasteiger partial charge in [-0.25, -0.2) is 0 Å². The molecular formula is C19H16N2OS2. The van der Waals surface area contributed by atoms with E-state index in [0.29, 0.717) is 17.4 Å². The topological polar surface area (TPSA) is 23.6 Å². The highest BCUT2D eigenvalue weighted by atomic mass is 32.1. The van der Waals surface area contributed by atoms with Gasteiger partial charge in [0.25, 0.3) is 5.91 Å². The summed E-state index contributed by atoms with van der Waals surface area (Å²) < 4.78 is 2.54. The quantitative estimate of drug-likeness (QED) is 0.502. The van der Waals surface area contributed by atoms with Crippen LogP contribution in [0.25, 0.3) is 26.2 Å². The van der Waals surface area contributed by atoms with Gasteiger partial charge in [0.05, 0.1) is 0 Å². The minimum absolute atomic E-state index is 0.0275. The lowest BCUT2D eigenvalue weighted by Crippen LogP contribution is -2.30. The lowest BCUT2D eigenvalue weighted by molar-refractivity contribution is -0.122. The molecule has 3 aromatic rings. The van der Waals surface area contributed by atoms with Crippen LogP contribution in [0.3, 0.4) is 0 Å². The molecular weight excluding hydrogens is 336 g/mol. The Hall–Kier alpha value is -2.24. The average Bonchev–Trinajstić information content (AvgIpc) is 3.05. The summed E-state index contributed by atoms with van der Waals surface area (Å²) in [5.74, 6) is -0.0275. The molecule has 0 unspecified atom stereocenters. The van der Waals surface area contributed by atoms with Crippen molar-refractivity contribution in [3.8, 4) is 0 Å². The molecule has 1 saturated heterocycles. The molecule has 24 heavy (non-hydrogen) atoms. The molecule has 2 aromatic carbocycles. The van der Waals surface area contributed by atoms with Crippen molar-refractivity contribution in [2.24, 2.45) is 0 Å². The molecule has 0 atom stereocenters. The summed E-state index contributed by atoms with van der Waals surface area (Å²) in [6, 6.07) is 14.7. The van der Waals surface area contributed by atoms with Crippen molar-refractivity contribution in [2.45, 2.75) is 6.92 Å². The SMILES string of the molecule is CCN1C(=O)C(=Cc2ccc3sc4ccccc4c3c2)N(C)C1=S. The van der Waals surface area contributed by atoms with Crippen LogP contribution in [0, 0.1) is 0 Å². The second-order valence-corrected chi connectivity index (χ2v) is 7.22. The molecule has 1 aliphatic heterocycles. The molecule has 1 aliphatic rings. The Kier molecular flexibility index (Phi) is 3.62. The van der Waals surface area contributed by atoms with Crippen LogP contribution in [0.4, 0.5) is 0 Å². The largest absolute Gasteiger partial charge is 0.317 e. The van der Waals surface area contributed by atoms with Crippen molar-refractivity contribution >= 4 is 60.8 Å². The molecule has 0 radical (unpaired) electrons. The minimum Gasteiger partial charge on any atom is -0.317 e. The molecule has 0 aliphatic carbocycles. The van der Waals surface area contributed by atoms with Crippen LogP contribution >= 0.6 is 23.6 Å². The number of fused-ring (bicyclic) bond motifs is 3. The van der Waals surface area contributed by atoms with E-state index in [1.807, 2.05) is 20.0 Å². The molecule has 1 amide bonds. The highest BCUT2D eigenvalue weighted by molar-refractivity contribution is 7.80. The zero-order chi connectivity index (χ0) is 16.8. The van der Waals surface area contributed by atoms with Crippen LogP contribution < -0.4 is 0 Å². The molecule has 0 N–H and O–H groups in total. The number of carbonyl (C=O) groups is 1. The van der Waals surface area contributed by atoms with Gasteiger partial charge in [0.1, 0.15) is 5.70 Å². The number of hydrogen-bond donors (Lipinski definition) is 0. The minimum atomic E-state index is -0.0275. The summed E-state index contributed by atoms with van der Waals surface area (Å²) >= 11 is 7.14. The molecule has 1 fully saturated rings. The predicted molar refractivity (Wildman–Crippen MR) is 105 cm³/mol. The summed E-state index contributed by atoms with van der Waals surface area (Å²) in [5.41, 5.74) is 1.64. The van der Waals surface area contributed by atoms with E-state index in [2.05, 4.69) is 42.5 Å². The molecule has 2 heterocycles. The Bertz CT molecular complexity index is 1020. The van der Waals surface area contributed by atoms with Crippen LogP contribution in [0.15, 0.2) is 48.2 Å². The van der Waals surface area contributed by atoms with Crippen LogP contribution in [-0.2, 0) is 4.79 Å². The molecule has 120 valence electrons. The summed E-state index contributed by atoms with van der Waals surface area (Å²) in [4.78, 5) is 15.9. The summed E-state index contributed by atoms with van der Waals surface area (Å²) in [7, 11) is 1.85. The number of thiophene rings is 1. The van der Waals surface area contributed by atoms with E-state index in [9.17, 15) is 4.79 Å². The highest BCUT2D eigenvalue weighted by Gasteiger charge is 2.34. The first kappa shape index (κ1) is 15.3. The fourth-order valence-electron chi connectivity index (χ4n) is 3.08. The Labute approximate surface area is 149 Å². The molecule has 0 bridgehead atoms. The lowest BCUT2D eigenvalue weighted by Gasteiger charge is -2.13. The zero-order valence-electron chi connectivity index (χ0n) is 13.4. The smallest absolute Gasteiger partial charge is 0.276 e. The van der Waals surface area contributed by atoms with Gasteiger partial charge in [-0.15, -0.1) is 11.3 Å². The summed E-state index contributed by atoms with van der Waals surface area (Å²) in [5, 5.41) is 3.05. The first-order valence-corrected chi connectivity index (χ1v) is 9.05. The van der Waals surface area contributed by atoms with Crippen LogP contribution in [0.2, 0.25) is 0 Å². The maximum atomic E-state index is 12.5. The van der Waals surface area contributed by atoms with E-state index >= 15 is 0 Å². The van der Waals surface area contributed by atoms with Gasteiger partial charge < -0.3 is 4.90 Å². The fraction of sp³-hybridized carbons (Fsp3) is 0.158. The maximum absolute atomic E-state index is 12.5. The highest BCUT2D eigenvalue weighted by Crippen LogP contribution is 2.34. The standard InChI is InChI=1S/C19H16N2OS2/c1-3-21-18(22)15(20(2)19(21)23)11-12-8-9-17-14(10-12)13-6-4-5-7-16(13)24-17/h4-11H,3H2,1-2H3. The van der Waals surface area contributed by atoms with Gasteiger partial charge in [-0.1, -0.05) is 24.3 Å². The molecule has 4 rings (SSSR count). The number of rotatable bonds is 2. The third-order valence-corrected chi connectivity index (χ3v) is 6.01. The Morgan fingerprint density at radius 3 is 2.62 bits per heavy atom. The van der Waals surface area contributed by atoms with Gasteiger partial charge in [0, 0.05) is 33.8 Å². The normalized spacial score (nSPS) is 17.0. The summed E-state index contributed by atoms with van der Waals surface area (Å²) in [6.07, 6.45) is 1.93. The lowest BCUT2D eigenvalue weighted by atomic mass is 10.1. The van der Waals surface area contributed by atoms with E-state index in [0.717, 1.165) is 5.56 Å².